The Morgan fingerprint density at radius 2 is 1.19 bits per heavy atom. The third-order valence-electron chi connectivity index (χ3n) is 5.22. The Hall–Kier alpha value is -2.31. The second-order valence-electron chi connectivity index (χ2n) is 7.32. The SMILES string of the molecule is OCC1OC(Oc2ccc(P(c3ccccc3)c3ccccc3)cc2)C(O)C(O)C1O. The molecule has 31 heavy (non-hydrogen) atoms. The van der Waals surface area contributed by atoms with E-state index >= 15 is 0 Å². The molecule has 1 saturated heterocycles. The first-order chi connectivity index (χ1) is 15.1. The predicted octanol–water partition coefficient (Wildman–Crippen LogP) is 0.623. The van der Waals surface area contributed by atoms with E-state index in [0.29, 0.717) is 5.75 Å². The van der Waals surface area contributed by atoms with Crippen LogP contribution >= 0.6 is 7.92 Å². The minimum atomic E-state index is -1.47. The zero-order valence-corrected chi connectivity index (χ0v) is 17.6. The second kappa shape index (κ2) is 9.88. The van der Waals surface area contributed by atoms with Crippen molar-refractivity contribution in [2.75, 3.05) is 6.61 Å². The Balaban J connectivity index is 1.56. The lowest BCUT2D eigenvalue weighted by molar-refractivity contribution is -0.277. The van der Waals surface area contributed by atoms with E-state index in [-0.39, 0.29) is 0 Å². The topological polar surface area (TPSA) is 99.4 Å². The Kier molecular flexibility index (Phi) is 6.98. The number of rotatable bonds is 6. The van der Waals surface area contributed by atoms with Gasteiger partial charge in [-0.3, -0.25) is 0 Å². The quantitative estimate of drug-likeness (QED) is 0.420. The Bertz CT molecular complexity index is 911. The number of ether oxygens (including phenoxy) is 2. The van der Waals surface area contributed by atoms with Crippen molar-refractivity contribution >= 4 is 23.8 Å². The smallest absolute Gasteiger partial charge is 0.229 e. The molecule has 3 aromatic carbocycles. The summed E-state index contributed by atoms with van der Waals surface area (Å²) in [5.74, 6) is 0.448. The van der Waals surface area contributed by atoms with E-state index in [0.717, 1.165) is 5.30 Å². The lowest BCUT2D eigenvalue weighted by Gasteiger charge is -2.39. The number of benzene rings is 3. The van der Waals surface area contributed by atoms with Crippen molar-refractivity contribution < 1.29 is 29.9 Å². The molecule has 4 N–H and O–H groups in total. The van der Waals surface area contributed by atoms with Gasteiger partial charge >= 0.3 is 0 Å². The van der Waals surface area contributed by atoms with Crippen molar-refractivity contribution in [3.63, 3.8) is 0 Å². The van der Waals surface area contributed by atoms with Gasteiger partial charge in [0, 0.05) is 0 Å². The molecule has 0 aliphatic carbocycles. The largest absolute Gasteiger partial charge is 0.462 e. The number of aliphatic hydroxyl groups is 4. The molecule has 1 aliphatic heterocycles. The van der Waals surface area contributed by atoms with Crippen LogP contribution in [0.25, 0.3) is 0 Å². The lowest BCUT2D eigenvalue weighted by Crippen LogP contribution is -2.60. The molecular weight excluding hydrogens is 415 g/mol. The van der Waals surface area contributed by atoms with Gasteiger partial charge in [-0.05, 0) is 36.0 Å². The molecule has 0 amide bonds. The van der Waals surface area contributed by atoms with E-state index < -0.39 is 45.2 Å². The van der Waals surface area contributed by atoms with Crippen LogP contribution in [0.4, 0.5) is 0 Å². The molecule has 7 heteroatoms. The highest BCUT2D eigenvalue weighted by molar-refractivity contribution is 7.79. The zero-order chi connectivity index (χ0) is 21.8. The summed E-state index contributed by atoms with van der Waals surface area (Å²) in [5, 5.41) is 43.0. The summed E-state index contributed by atoms with van der Waals surface area (Å²) in [7, 11) is -0.752. The number of aliphatic hydroxyl groups excluding tert-OH is 4. The molecule has 1 fully saturated rings. The van der Waals surface area contributed by atoms with E-state index in [9.17, 15) is 20.4 Å². The van der Waals surface area contributed by atoms with E-state index in [1.54, 1.807) is 12.1 Å². The molecule has 162 valence electrons. The van der Waals surface area contributed by atoms with Crippen LogP contribution in [0.2, 0.25) is 0 Å². The maximum atomic E-state index is 10.2. The molecule has 0 bridgehead atoms. The molecule has 1 aliphatic rings. The van der Waals surface area contributed by atoms with Gasteiger partial charge in [-0.2, -0.15) is 0 Å². The minimum Gasteiger partial charge on any atom is -0.462 e. The van der Waals surface area contributed by atoms with Gasteiger partial charge in [-0.15, -0.1) is 0 Å². The molecule has 4 rings (SSSR count). The van der Waals surface area contributed by atoms with Crippen molar-refractivity contribution in [1.29, 1.82) is 0 Å². The van der Waals surface area contributed by atoms with Crippen LogP contribution in [0.1, 0.15) is 0 Å². The highest BCUT2D eigenvalue weighted by Crippen LogP contribution is 2.33. The molecule has 0 radical (unpaired) electrons. The molecule has 0 aromatic heterocycles. The summed E-state index contributed by atoms with van der Waals surface area (Å²) in [4.78, 5) is 0. The number of hydrogen-bond acceptors (Lipinski definition) is 6. The van der Waals surface area contributed by atoms with Gasteiger partial charge in [0.15, 0.2) is 0 Å². The summed E-state index contributed by atoms with van der Waals surface area (Å²) < 4.78 is 11.1. The second-order valence-corrected chi connectivity index (χ2v) is 9.54. The first-order valence-corrected chi connectivity index (χ1v) is 11.4. The molecule has 6 nitrogen and oxygen atoms in total. The lowest BCUT2D eigenvalue weighted by atomic mass is 9.99. The summed E-state index contributed by atoms with van der Waals surface area (Å²) in [5.41, 5.74) is 0. The van der Waals surface area contributed by atoms with Gasteiger partial charge in [0.25, 0.3) is 0 Å². The predicted molar refractivity (Wildman–Crippen MR) is 120 cm³/mol. The Morgan fingerprint density at radius 3 is 1.71 bits per heavy atom. The molecule has 3 aromatic rings. The molecule has 1 heterocycles. The van der Waals surface area contributed by atoms with E-state index in [1.165, 1.54) is 10.6 Å². The van der Waals surface area contributed by atoms with Crippen LogP contribution in [0, 0.1) is 0 Å². The monoisotopic (exact) mass is 440 g/mol. The average Bonchev–Trinajstić information content (AvgIpc) is 2.82. The van der Waals surface area contributed by atoms with E-state index in [4.69, 9.17) is 9.47 Å². The van der Waals surface area contributed by atoms with Crippen LogP contribution in [-0.2, 0) is 4.74 Å². The van der Waals surface area contributed by atoms with Crippen LogP contribution in [0.3, 0.4) is 0 Å². The van der Waals surface area contributed by atoms with Crippen molar-refractivity contribution in [3.8, 4) is 5.75 Å². The van der Waals surface area contributed by atoms with Gasteiger partial charge in [0.1, 0.15) is 30.2 Å². The third-order valence-corrected chi connectivity index (χ3v) is 7.67. The fourth-order valence-electron chi connectivity index (χ4n) is 3.57. The zero-order valence-electron chi connectivity index (χ0n) is 16.7. The third kappa shape index (κ3) is 4.80. The molecule has 0 spiro atoms. The summed E-state index contributed by atoms with van der Waals surface area (Å²) in [6.07, 6.45) is -6.54. The molecular formula is C24H25O6P. The van der Waals surface area contributed by atoms with E-state index in [2.05, 4.69) is 24.3 Å². The van der Waals surface area contributed by atoms with Gasteiger partial charge < -0.3 is 29.9 Å². The van der Waals surface area contributed by atoms with Gasteiger partial charge in [0.05, 0.1) is 6.61 Å². The van der Waals surface area contributed by atoms with Crippen LogP contribution in [0.5, 0.6) is 5.75 Å². The first-order valence-electron chi connectivity index (χ1n) is 10.1. The van der Waals surface area contributed by atoms with Crippen molar-refractivity contribution in [2.24, 2.45) is 0 Å². The maximum absolute atomic E-state index is 10.2. The summed E-state index contributed by atoms with van der Waals surface area (Å²) in [6.45, 7) is -0.498. The highest BCUT2D eigenvalue weighted by Gasteiger charge is 2.44. The Morgan fingerprint density at radius 1 is 0.677 bits per heavy atom. The number of hydrogen-bond donors (Lipinski definition) is 4. The molecule has 5 atom stereocenters. The highest BCUT2D eigenvalue weighted by atomic mass is 31.1. The van der Waals surface area contributed by atoms with Crippen molar-refractivity contribution in [1.82, 2.24) is 0 Å². The first kappa shape index (κ1) is 21.9. The van der Waals surface area contributed by atoms with Crippen LogP contribution in [0.15, 0.2) is 84.9 Å². The van der Waals surface area contributed by atoms with Crippen LogP contribution in [-0.4, -0.2) is 57.7 Å². The fraction of sp³-hybridized carbons (Fsp3) is 0.250. The summed E-state index contributed by atoms with van der Waals surface area (Å²) >= 11 is 0. The summed E-state index contributed by atoms with van der Waals surface area (Å²) in [6, 6.07) is 28.1. The standard InChI is InChI=1S/C24H25O6P/c25-15-20-21(26)22(27)23(28)24(30-20)29-16-11-13-19(14-12-16)31(17-7-3-1-4-8-17)18-9-5-2-6-10-18/h1-14,20-28H,15H2. The Labute approximate surface area is 182 Å². The minimum absolute atomic E-state index is 0.448. The van der Waals surface area contributed by atoms with E-state index in [1.807, 2.05) is 48.5 Å². The van der Waals surface area contributed by atoms with Crippen LogP contribution < -0.4 is 20.7 Å². The normalized spacial score (nSPS) is 26.0. The van der Waals surface area contributed by atoms with Crippen molar-refractivity contribution in [3.05, 3.63) is 84.9 Å². The van der Waals surface area contributed by atoms with Gasteiger partial charge in [-0.25, -0.2) is 0 Å². The van der Waals surface area contributed by atoms with Crippen molar-refractivity contribution in [2.45, 2.75) is 30.7 Å². The maximum Gasteiger partial charge on any atom is 0.229 e. The fourth-order valence-corrected chi connectivity index (χ4v) is 5.86. The average molecular weight is 440 g/mol. The van der Waals surface area contributed by atoms with Gasteiger partial charge in [-0.1, -0.05) is 72.8 Å². The molecule has 0 saturated carbocycles. The van der Waals surface area contributed by atoms with Gasteiger partial charge in [0.2, 0.25) is 6.29 Å². The molecule has 5 unspecified atom stereocenters.